The first kappa shape index (κ1) is 21.8. The molecular formula is C26H21N3O4. The predicted octanol–water partition coefficient (Wildman–Crippen LogP) is 4.42. The quantitative estimate of drug-likeness (QED) is 0.414. The molecule has 1 aliphatic heterocycles. The number of anilines is 1. The molecule has 0 aromatic heterocycles. The number of ether oxygens (including phenoxy) is 1. The van der Waals surface area contributed by atoms with Crippen LogP contribution in [0.4, 0.5) is 5.69 Å². The standard InChI is InChI=1S/C26H21N3O4/c27-14-3-4-15-33-21-7-5-6-20(16-21)28-24(30)19-12-10-18(11-13-19)17-29-25(31)22-8-1-2-9-23(22)26(29)32/h1-2,5-13,16H,3-4,15,17H2,(H,28,30). The second kappa shape index (κ2) is 9.79. The van der Waals surface area contributed by atoms with Crippen LogP contribution >= 0.6 is 0 Å². The molecule has 0 saturated heterocycles. The molecule has 0 atom stereocenters. The number of hydrogen-bond donors (Lipinski definition) is 1. The molecule has 0 bridgehead atoms. The predicted molar refractivity (Wildman–Crippen MR) is 122 cm³/mol. The van der Waals surface area contributed by atoms with Gasteiger partial charge >= 0.3 is 0 Å². The summed E-state index contributed by atoms with van der Waals surface area (Å²) in [6, 6.07) is 22.7. The highest BCUT2D eigenvalue weighted by atomic mass is 16.5. The molecule has 7 nitrogen and oxygen atoms in total. The van der Waals surface area contributed by atoms with E-state index in [2.05, 4.69) is 11.4 Å². The number of nitrogens with one attached hydrogen (secondary N) is 1. The van der Waals surface area contributed by atoms with E-state index in [0.29, 0.717) is 47.6 Å². The summed E-state index contributed by atoms with van der Waals surface area (Å²) in [5.74, 6) is -0.301. The molecule has 0 unspecified atom stereocenters. The molecule has 7 heteroatoms. The number of rotatable bonds is 8. The van der Waals surface area contributed by atoms with Gasteiger partial charge in [0.1, 0.15) is 5.75 Å². The van der Waals surface area contributed by atoms with Gasteiger partial charge in [-0.15, -0.1) is 0 Å². The number of benzene rings is 3. The highest BCUT2D eigenvalue weighted by molar-refractivity contribution is 6.21. The van der Waals surface area contributed by atoms with Gasteiger partial charge in [-0.2, -0.15) is 5.26 Å². The van der Waals surface area contributed by atoms with Gasteiger partial charge in [-0.25, -0.2) is 0 Å². The molecule has 0 saturated carbocycles. The zero-order valence-electron chi connectivity index (χ0n) is 17.8. The van der Waals surface area contributed by atoms with Crippen LogP contribution in [0.1, 0.15) is 49.5 Å². The number of unbranched alkanes of at least 4 members (excludes halogenated alkanes) is 1. The Morgan fingerprint density at radius 3 is 2.30 bits per heavy atom. The van der Waals surface area contributed by atoms with Crippen LogP contribution in [0.25, 0.3) is 0 Å². The summed E-state index contributed by atoms with van der Waals surface area (Å²) in [6.45, 7) is 0.568. The highest BCUT2D eigenvalue weighted by Crippen LogP contribution is 2.24. The molecule has 4 rings (SSSR count). The van der Waals surface area contributed by atoms with Crippen LogP contribution < -0.4 is 10.1 Å². The average molecular weight is 439 g/mol. The van der Waals surface area contributed by atoms with Crippen LogP contribution in [0.3, 0.4) is 0 Å². The first-order valence-electron chi connectivity index (χ1n) is 10.5. The number of carbonyl (C=O) groups excluding carboxylic acids is 3. The van der Waals surface area contributed by atoms with Crippen LogP contribution in [-0.2, 0) is 6.54 Å². The van der Waals surface area contributed by atoms with Gasteiger partial charge in [-0.05, 0) is 48.4 Å². The Morgan fingerprint density at radius 2 is 1.64 bits per heavy atom. The molecule has 0 aliphatic carbocycles. The minimum Gasteiger partial charge on any atom is -0.493 e. The SMILES string of the molecule is N#CCCCOc1cccc(NC(=O)c2ccc(CN3C(=O)c4ccccc4C3=O)cc2)c1. The molecular weight excluding hydrogens is 418 g/mol. The van der Waals surface area contributed by atoms with Crippen LogP contribution in [0, 0.1) is 11.3 Å². The van der Waals surface area contributed by atoms with Crippen molar-refractivity contribution >= 4 is 23.4 Å². The molecule has 1 N–H and O–H groups in total. The molecule has 0 radical (unpaired) electrons. The van der Waals surface area contributed by atoms with Crippen molar-refractivity contribution in [3.05, 3.63) is 95.1 Å². The largest absolute Gasteiger partial charge is 0.493 e. The number of amides is 3. The zero-order valence-corrected chi connectivity index (χ0v) is 17.8. The molecule has 1 heterocycles. The van der Waals surface area contributed by atoms with E-state index in [1.807, 2.05) is 0 Å². The maximum Gasteiger partial charge on any atom is 0.261 e. The third-order valence-electron chi connectivity index (χ3n) is 5.23. The molecule has 3 aromatic rings. The van der Waals surface area contributed by atoms with Crippen LogP contribution in [0.5, 0.6) is 5.75 Å². The van der Waals surface area contributed by atoms with E-state index in [1.165, 1.54) is 4.90 Å². The van der Waals surface area contributed by atoms with Gasteiger partial charge in [0.05, 0.1) is 30.3 Å². The fourth-order valence-electron chi connectivity index (χ4n) is 3.53. The third kappa shape index (κ3) is 4.91. The van der Waals surface area contributed by atoms with E-state index in [9.17, 15) is 14.4 Å². The normalized spacial score (nSPS) is 12.3. The minimum atomic E-state index is -0.313. The van der Waals surface area contributed by atoms with Crippen LogP contribution in [0.15, 0.2) is 72.8 Å². The summed E-state index contributed by atoms with van der Waals surface area (Å²) in [4.78, 5) is 38.9. The van der Waals surface area contributed by atoms with E-state index < -0.39 is 0 Å². The fraction of sp³-hybridized carbons (Fsp3) is 0.154. The van der Waals surface area contributed by atoms with Crippen LogP contribution in [0.2, 0.25) is 0 Å². The van der Waals surface area contributed by atoms with Gasteiger partial charge in [0.2, 0.25) is 0 Å². The lowest BCUT2D eigenvalue weighted by Crippen LogP contribution is -2.29. The summed E-state index contributed by atoms with van der Waals surface area (Å²) in [5, 5.41) is 11.4. The van der Waals surface area contributed by atoms with Crippen molar-refractivity contribution in [1.82, 2.24) is 4.90 Å². The average Bonchev–Trinajstić information content (AvgIpc) is 3.07. The smallest absolute Gasteiger partial charge is 0.261 e. The summed E-state index contributed by atoms with van der Waals surface area (Å²) >= 11 is 0. The van der Waals surface area contributed by atoms with Crippen molar-refractivity contribution in [3.63, 3.8) is 0 Å². The van der Waals surface area contributed by atoms with E-state index in [0.717, 1.165) is 5.56 Å². The molecule has 1 aliphatic rings. The van der Waals surface area contributed by atoms with E-state index in [4.69, 9.17) is 10.00 Å². The number of nitriles is 1. The maximum atomic E-state index is 12.6. The Balaban J connectivity index is 1.37. The zero-order chi connectivity index (χ0) is 23.2. The molecule has 3 aromatic carbocycles. The number of fused-ring (bicyclic) bond motifs is 1. The lowest BCUT2D eigenvalue weighted by Gasteiger charge is -2.14. The van der Waals surface area contributed by atoms with Gasteiger partial charge in [-0.1, -0.05) is 30.3 Å². The van der Waals surface area contributed by atoms with Crippen molar-refractivity contribution in [2.45, 2.75) is 19.4 Å². The number of carbonyl (C=O) groups is 3. The Hall–Kier alpha value is -4.44. The number of hydrogen-bond acceptors (Lipinski definition) is 5. The number of imide groups is 1. The summed E-state index contributed by atoms with van der Waals surface area (Å²) in [7, 11) is 0. The summed E-state index contributed by atoms with van der Waals surface area (Å²) in [6.07, 6.45) is 1.07. The Labute approximate surface area is 191 Å². The van der Waals surface area contributed by atoms with Gasteiger partial charge in [0, 0.05) is 23.7 Å². The highest BCUT2D eigenvalue weighted by Gasteiger charge is 2.34. The second-order valence-electron chi connectivity index (χ2n) is 7.53. The van der Waals surface area contributed by atoms with Crippen molar-refractivity contribution in [1.29, 1.82) is 5.26 Å². The molecule has 3 amide bonds. The summed E-state index contributed by atoms with van der Waals surface area (Å²) < 4.78 is 5.59. The summed E-state index contributed by atoms with van der Waals surface area (Å²) in [5.41, 5.74) is 2.60. The van der Waals surface area contributed by atoms with Crippen molar-refractivity contribution in [2.24, 2.45) is 0 Å². The first-order chi connectivity index (χ1) is 16.1. The van der Waals surface area contributed by atoms with Crippen molar-refractivity contribution in [2.75, 3.05) is 11.9 Å². The van der Waals surface area contributed by atoms with E-state index >= 15 is 0 Å². The lowest BCUT2D eigenvalue weighted by molar-refractivity contribution is 0.0642. The van der Waals surface area contributed by atoms with Gasteiger partial charge in [0.15, 0.2) is 0 Å². The maximum absolute atomic E-state index is 12.6. The van der Waals surface area contributed by atoms with E-state index in [1.54, 1.807) is 72.8 Å². The van der Waals surface area contributed by atoms with Gasteiger partial charge < -0.3 is 10.1 Å². The molecule has 0 fully saturated rings. The minimum absolute atomic E-state index is 0.138. The van der Waals surface area contributed by atoms with Crippen LogP contribution in [-0.4, -0.2) is 29.2 Å². The van der Waals surface area contributed by atoms with Gasteiger partial charge in [0.25, 0.3) is 17.7 Å². The first-order valence-corrected chi connectivity index (χ1v) is 10.5. The Bertz CT molecular complexity index is 1210. The third-order valence-corrected chi connectivity index (χ3v) is 5.23. The van der Waals surface area contributed by atoms with Crippen molar-refractivity contribution in [3.8, 4) is 11.8 Å². The monoisotopic (exact) mass is 439 g/mol. The van der Waals surface area contributed by atoms with E-state index in [-0.39, 0.29) is 24.3 Å². The van der Waals surface area contributed by atoms with Gasteiger partial charge in [-0.3, -0.25) is 19.3 Å². The second-order valence-corrected chi connectivity index (χ2v) is 7.53. The topological polar surface area (TPSA) is 99.5 Å². The molecule has 164 valence electrons. The van der Waals surface area contributed by atoms with Crippen molar-refractivity contribution < 1.29 is 19.1 Å². The lowest BCUT2D eigenvalue weighted by atomic mass is 10.1. The number of nitrogens with zero attached hydrogens (tertiary/aromatic N) is 2. The molecule has 33 heavy (non-hydrogen) atoms. The fourth-order valence-corrected chi connectivity index (χ4v) is 3.53. The Kier molecular flexibility index (Phi) is 6.46. The Morgan fingerprint density at radius 1 is 0.939 bits per heavy atom. The molecule has 0 spiro atoms.